The Balaban J connectivity index is 1.36. The number of aliphatic imine (C=N–C) groups is 1. The van der Waals surface area contributed by atoms with Gasteiger partial charge in [0.2, 0.25) is 0 Å². The fourth-order valence-corrected chi connectivity index (χ4v) is 6.87. The van der Waals surface area contributed by atoms with E-state index in [0.29, 0.717) is 53.8 Å². The quantitative estimate of drug-likeness (QED) is 0.339. The molecule has 0 radical (unpaired) electrons. The van der Waals surface area contributed by atoms with Crippen LogP contribution >= 0.6 is 0 Å². The molecule has 0 amide bonds. The van der Waals surface area contributed by atoms with Crippen molar-refractivity contribution in [1.29, 1.82) is 0 Å². The van der Waals surface area contributed by atoms with Gasteiger partial charge >= 0.3 is 6.01 Å². The first kappa shape index (κ1) is 26.7. The number of nitrogens with two attached hydrogens (primary N) is 1. The monoisotopic (exact) mass is 569 g/mol. The zero-order chi connectivity index (χ0) is 28.7. The van der Waals surface area contributed by atoms with Gasteiger partial charge in [-0.05, 0) is 68.9 Å². The smallest absolute Gasteiger partial charge is 0.319 e. The lowest BCUT2D eigenvalue weighted by atomic mass is 9.95. The van der Waals surface area contributed by atoms with Gasteiger partial charge in [0.15, 0.2) is 5.82 Å². The number of ether oxygens (including phenoxy) is 1. The summed E-state index contributed by atoms with van der Waals surface area (Å²) in [6.07, 6.45) is 10.1. The highest BCUT2D eigenvalue weighted by Gasteiger charge is 2.45. The molecule has 2 aromatic carbocycles. The standard InChI is InChI=1S/C32H33F2N7O/c33-25-9-2-7-21-6-1-8-23(26(21)25)28-27(34)29-24(18-37-28)30(40-15-5-14-36-22(19-40)10-13-35)39-31(38-29)42-20-32-11-3-16-41(32)17-4-12-32/h1-2,6-10,13,18H,3-5,11-12,14-17,19-20,35H2/b13-10-. The minimum atomic E-state index is -0.635. The van der Waals surface area contributed by atoms with Crippen LogP contribution in [-0.2, 0) is 0 Å². The van der Waals surface area contributed by atoms with Gasteiger partial charge in [-0.3, -0.25) is 14.9 Å². The van der Waals surface area contributed by atoms with Crippen LogP contribution in [0.25, 0.3) is 32.9 Å². The highest BCUT2D eigenvalue weighted by Crippen LogP contribution is 2.40. The van der Waals surface area contributed by atoms with E-state index in [-0.39, 0.29) is 22.8 Å². The Morgan fingerprint density at radius 1 is 1.00 bits per heavy atom. The van der Waals surface area contributed by atoms with Gasteiger partial charge in [-0.25, -0.2) is 8.78 Å². The highest BCUT2D eigenvalue weighted by molar-refractivity contribution is 6.01. The van der Waals surface area contributed by atoms with Gasteiger partial charge in [0.1, 0.15) is 29.5 Å². The third-order valence-corrected chi connectivity index (χ3v) is 8.88. The molecule has 3 aliphatic rings. The first-order chi connectivity index (χ1) is 20.6. The van der Waals surface area contributed by atoms with E-state index in [2.05, 4.69) is 24.8 Å². The number of nitrogens with zero attached hydrogens (tertiary/aromatic N) is 6. The molecule has 7 rings (SSSR count). The van der Waals surface area contributed by atoms with Crippen LogP contribution in [0, 0.1) is 11.6 Å². The summed E-state index contributed by atoms with van der Waals surface area (Å²) in [7, 11) is 0. The number of hydrogen-bond donors (Lipinski definition) is 1. The van der Waals surface area contributed by atoms with Crippen molar-refractivity contribution >= 4 is 33.2 Å². The normalized spacial score (nSPS) is 19.0. The SMILES string of the molecule is N/C=C\C1=NCCCN(c2nc(OCC34CCCN3CCC4)nc3c(F)c(-c4cccc5cccc(F)c45)ncc23)C1. The summed E-state index contributed by atoms with van der Waals surface area (Å²) in [6.45, 7) is 4.37. The highest BCUT2D eigenvalue weighted by atomic mass is 19.1. The minimum absolute atomic E-state index is 0.0186. The molecule has 42 heavy (non-hydrogen) atoms. The van der Waals surface area contributed by atoms with Gasteiger partial charge in [-0.15, -0.1) is 0 Å². The summed E-state index contributed by atoms with van der Waals surface area (Å²) in [4.78, 5) is 23.2. The lowest BCUT2D eigenvalue weighted by Gasteiger charge is -2.31. The Morgan fingerprint density at radius 3 is 2.62 bits per heavy atom. The average Bonchev–Trinajstić information content (AvgIpc) is 3.50. The van der Waals surface area contributed by atoms with Crippen molar-refractivity contribution in [3.8, 4) is 17.3 Å². The van der Waals surface area contributed by atoms with Crippen molar-refractivity contribution in [3.63, 3.8) is 0 Å². The van der Waals surface area contributed by atoms with Gasteiger partial charge in [0.25, 0.3) is 0 Å². The molecule has 0 saturated carbocycles. The lowest BCUT2D eigenvalue weighted by molar-refractivity contribution is 0.108. The Morgan fingerprint density at radius 2 is 1.81 bits per heavy atom. The van der Waals surface area contributed by atoms with E-state index < -0.39 is 11.6 Å². The van der Waals surface area contributed by atoms with Crippen molar-refractivity contribution in [1.82, 2.24) is 19.9 Å². The van der Waals surface area contributed by atoms with Crippen LogP contribution in [0.4, 0.5) is 14.6 Å². The van der Waals surface area contributed by atoms with Crippen molar-refractivity contribution < 1.29 is 13.5 Å². The Kier molecular flexibility index (Phi) is 6.93. The summed E-state index contributed by atoms with van der Waals surface area (Å²) in [5.41, 5.74) is 6.97. The molecule has 0 aliphatic carbocycles. The topological polar surface area (TPSA) is 92.8 Å². The lowest BCUT2D eigenvalue weighted by Crippen LogP contribution is -2.43. The summed E-state index contributed by atoms with van der Waals surface area (Å²) in [5.74, 6) is -0.536. The van der Waals surface area contributed by atoms with Crippen molar-refractivity contribution in [2.24, 2.45) is 10.7 Å². The van der Waals surface area contributed by atoms with Crippen molar-refractivity contribution in [2.75, 3.05) is 44.2 Å². The second-order valence-electron chi connectivity index (χ2n) is 11.4. The number of aromatic nitrogens is 3. The Hall–Kier alpha value is -4.18. The summed E-state index contributed by atoms with van der Waals surface area (Å²) >= 11 is 0. The van der Waals surface area contributed by atoms with Crippen LogP contribution in [0.3, 0.4) is 0 Å². The van der Waals surface area contributed by atoms with Crippen LogP contribution in [0.15, 0.2) is 59.9 Å². The van der Waals surface area contributed by atoms with E-state index in [1.165, 1.54) is 12.3 Å². The van der Waals surface area contributed by atoms with Gasteiger partial charge in [-0.1, -0.05) is 30.3 Å². The molecule has 10 heteroatoms. The second kappa shape index (κ2) is 10.9. The molecular weight excluding hydrogens is 536 g/mol. The molecular formula is C32H33F2N7O. The molecule has 0 bridgehead atoms. The average molecular weight is 570 g/mol. The molecule has 8 nitrogen and oxygen atoms in total. The Labute approximate surface area is 242 Å². The van der Waals surface area contributed by atoms with E-state index in [4.69, 9.17) is 15.5 Å². The number of hydrogen-bond acceptors (Lipinski definition) is 8. The molecule has 3 aliphatic heterocycles. The largest absolute Gasteiger partial charge is 0.461 e. The predicted octanol–water partition coefficient (Wildman–Crippen LogP) is 5.25. The van der Waals surface area contributed by atoms with E-state index in [1.807, 2.05) is 0 Å². The predicted molar refractivity (Wildman–Crippen MR) is 161 cm³/mol. The molecule has 216 valence electrons. The number of fused-ring (bicyclic) bond motifs is 3. The molecule has 2 saturated heterocycles. The number of benzene rings is 2. The summed E-state index contributed by atoms with van der Waals surface area (Å²) < 4.78 is 37.9. The van der Waals surface area contributed by atoms with Crippen LogP contribution in [0.5, 0.6) is 6.01 Å². The number of rotatable bonds is 6. The number of halogens is 2. The molecule has 4 aromatic rings. The van der Waals surface area contributed by atoms with Crippen LogP contribution in [0.2, 0.25) is 0 Å². The molecule has 2 aromatic heterocycles. The van der Waals surface area contributed by atoms with Gasteiger partial charge in [-0.2, -0.15) is 9.97 Å². The first-order valence-corrected chi connectivity index (χ1v) is 14.6. The third-order valence-electron chi connectivity index (χ3n) is 8.88. The molecule has 0 spiro atoms. The van der Waals surface area contributed by atoms with Gasteiger partial charge < -0.3 is 15.4 Å². The minimum Gasteiger partial charge on any atom is -0.461 e. The summed E-state index contributed by atoms with van der Waals surface area (Å²) in [6, 6.07) is 10.2. The zero-order valence-corrected chi connectivity index (χ0v) is 23.4. The number of anilines is 1. The number of pyridine rings is 1. The van der Waals surface area contributed by atoms with E-state index in [1.54, 1.807) is 42.6 Å². The maximum Gasteiger partial charge on any atom is 0.319 e. The van der Waals surface area contributed by atoms with E-state index in [0.717, 1.165) is 50.9 Å². The zero-order valence-electron chi connectivity index (χ0n) is 23.4. The maximum absolute atomic E-state index is 16.6. The van der Waals surface area contributed by atoms with Gasteiger partial charge in [0.05, 0.1) is 23.2 Å². The molecule has 0 atom stereocenters. The van der Waals surface area contributed by atoms with Crippen LogP contribution < -0.4 is 15.4 Å². The van der Waals surface area contributed by atoms with Crippen LogP contribution in [-0.4, -0.2) is 70.4 Å². The van der Waals surface area contributed by atoms with E-state index >= 15 is 8.78 Å². The molecule has 5 heterocycles. The maximum atomic E-state index is 16.6. The molecule has 2 fully saturated rings. The van der Waals surface area contributed by atoms with Crippen molar-refractivity contribution in [2.45, 2.75) is 37.6 Å². The van der Waals surface area contributed by atoms with E-state index in [9.17, 15) is 0 Å². The summed E-state index contributed by atoms with van der Waals surface area (Å²) in [5, 5.41) is 1.45. The molecule has 0 unspecified atom stereocenters. The fourth-order valence-electron chi connectivity index (χ4n) is 6.87. The third kappa shape index (κ3) is 4.63. The fraction of sp³-hybridized carbons (Fsp3) is 0.375. The first-order valence-electron chi connectivity index (χ1n) is 14.6. The van der Waals surface area contributed by atoms with Crippen molar-refractivity contribution in [3.05, 3.63) is 66.5 Å². The Bertz CT molecular complexity index is 1710. The van der Waals surface area contributed by atoms with Crippen LogP contribution in [0.1, 0.15) is 32.1 Å². The molecule has 2 N–H and O–H groups in total. The van der Waals surface area contributed by atoms with Gasteiger partial charge in [0, 0.05) is 30.2 Å². The second-order valence-corrected chi connectivity index (χ2v) is 11.4.